The molecular formula is C28H29N5O4. The largest absolute Gasteiger partial charge is 0.455 e. The van der Waals surface area contributed by atoms with E-state index in [-0.39, 0.29) is 11.1 Å². The highest BCUT2D eigenvalue weighted by Crippen LogP contribution is 2.38. The van der Waals surface area contributed by atoms with Crippen LogP contribution >= 0.6 is 0 Å². The standard InChI is InChI=1S/C28H29N5O4/c1-17-7-6-8-18(2)27(17)37-24-16-31(3)25(34)12-20(24)22-15-32(4)28(35)26-21(22)11-23(30-26)19-13-29-33(14-19)9-10-36-5/h6-8,11-16,30H,9-10H2,1-5H3. The summed E-state index contributed by atoms with van der Waals surface area (Å²) in [5, 5.41) is 5.09. The third-order valence-corrected chi connectivity index (χ3v) is 6.54. The first-order valence-electron chi connectivity index (χ1n) is 12.0. The number of nitrogens with zero attached hydrogens (tertiary/aromatic N) is 4. The molecule has 4 heterocycles. The lowest BCUT2D eigenvalue weighted by atomic mass is 10.0. The molecule has 0 saturated carbocycles. The van der Waals surface area contributed by atoms with E-state index in [1.807, 2.05) is 44.3 Å². The fourth-order valence-electron chi connectivity index (χ4n) is 4.48. The fourth-order valence-corrected chi connectivity index (χ4v) is 4.48. The van der Waals surface area contributed by atoms with Gasteiger partial charge < -0.3 is 23.6 Å². The number of benzene rings is 1. The maximum Gasteiger partial charge on any atom is 0.274 e. The minimum Gasteiger partial charge on any atom is -0.455 e. The maximum atomic E-state index is 13.1. The lowest BCUT2D eigenvalue weighted by Gasteiger charge is -2.17. The van der Waals surface area contributed by atoms with Gasteiger partial charge in [0.15, 0.2) is 5.75 Å². The molecule has 0 atom stereocenters. The van der Waals surface area contributed by atoms with Gasteiger partial charge in [0.25, 0.3) is 11.1 Å². The van der Waals surface area contributed by atoms with Crippen molar-refractivity contribution in [2.45, 2.75) is 20.4 Å². The first kappa shape index (κ1) is 24.3. The van der Waals surface area contributed by atoms with E-state index in [0.717, 1.165) is 28.1 Å². The van der Waals surface area contributed by atoms with Crippen LogP contribution in [0.15, 0.2) is 64.7 Å². The molecule has 0 bridgehead atoms. The molecule has 37 heavy (non-hydrogen) atoms. The Bertz CT molecular complexity index is 1720. The topological polar surface area (TPSA) is 96.1 Å². The minimum absolute atomic E-state index is 0.169. The summed E-state index contributed by atoms with van der Waals surface area (Å²) in [6.07, 6.45) is 7.09. The van der Waals surface area contributed by atoms with E-state index in [2.05, 4.69) is 10.1 Å². The number of para-hydroxylation sites is 1. The van der Waals surface area contributed by atoms with Gasteiger partial charge in [0.1, 0.15) is 11.3 Å². The zero-order valence-corrected chi connectivity index (χ0v) is 21.5. The van der Waals surface area contributed by atoms with Crippen molar-refractivity contribution in [1.29, 1.82) is 0 Å². The molecule has 0 radical (unpaired) electrons. The van der Waals surface area contributed by atoms with E-state index in [1.165, 1.54) is 9.13 Å². The van der Waals surface area contributed by atoms with Crippen LogP contribution in [0, 0.1) is 13.8 Å². The summed E-state index contributed by atoms with van der Waals surface area (Å²) in [5.41, 5.74) is 4.98. The predicted octanol–water partition coefficient (Wildman–Crippen LogP) is 4.15. The average Bonchev–Trinajstić information content (AvgIpc) is 3.52. The van der Waals surface area contributed by atoms with Gasteiger partial charge >= 0.3 is 0 Å². The van der Waals surface area contributed by atoms with Crippen molar-refractivity contribution >= 4 is 10.9 Å². The second kappa shape index (κ2) is 9.59. The van der Waals surface area contributed by atoms with Crippen LogP contribution in [0.1, 0.15) is 11.1 Å². The molecule has 0 spiro atoms. The van der Waals surface area contributed by atoms with Gasteiger partial charge in [-0.05, 0) is 31.0 Å². The molecule has 0 aliphatic carbocycles. The van der Waals surface area contributed by atoms with E-state index in [4.69, 9.17) is 9.47 Å². The minimum atomic E-state index is -0.180. The number of hydrogen-bond donors (Lipinski definition) is 1. The number of hydrogen-bond acceptors (Lipinski definition) is 5. The van der Waals surface area contributed by atoms with Gasteiger partial charge in [-0.2, -0.15) is 5.10 Å². The van der Waals surface area contributed by atoms with Crippen molar-refractivity contribution in [2.24, 2.45) is 14.1 Å². The number of pyridine rings is 2. The van der Waals surface area contributed by atoms with Crippen LogP contribution in [-0.4, -0.2) is 37.6 Å². The summed E-state index contributed by atoms with van der Waals surface area (Å²) in [7, 11) is 5.03. The number of rotatable bonds is 7. The number of H-pyrrole nitrogens is 1. The van der Waals surface area contributed by atoms with Crippen molar-refractivity contribution < 1.29 is 9.47 Å². The summed E-state index contributed by atoms with van der Waals surface area (Å²) in [4.78, 5) is 29.1. The van der Waals surface area contributed by atoms with Gasteiger partial charge in [0, 0.05) is 67.4 Å². The van der Waals surface area contributed by atoms with Gasteiger partial charge in [-0.15, -0.1) is 0 Å². The smallest absolute Gasteiger partial charge is 0.274 e. The number of aromatic amines is 1. The number of ether oxygens (including phenoxy) is 2. The number of aromatic nitrogens is 5. The highest BCUT2D eigenvalue weighted by Gasteiger charge is 2.19. The number of methoxy groups -OCH3 is 1. The lowest BCUT2D eigenvalue weighted by molar-refractivity contribution is 0.183. The molecule has 1 N–H and O–H groups in total. The second-order valence-electron chi connectivity index (χ2n) is 9.24. The summed E-state index contributed by atoms with van der Waals surface area (Å²) in [6.45, 7) is 5.14. The Morgan fingerprint density at radius 2 is 1.73 bits per heavy atom. The van der Waals surface area contributed by atoms with E-state index in [0.29, 0.717) is 40.9 Å². The Kier molecular flexibility index (Phi) is 6.31. The molecule has 0 fully saturated rings. The predicted molar refractivity (Wildman–Crippen MR) is 143 cm³/mol. The molecule has 0 amide bonds. The van der Waals surface area contributed by atoms with E-state index in [1.54, 1.807) is 50.5 Å². The second-order valence-corrected chi connectivity index (χ2v) is 9.24. The molecule has 5 rings (SSSR count). The molecule has 9 nitrogen and oxygen atoms in total. The number of fused-ring (bicyclic) bond motifs is 1. The highest BCUT2D eigenvalue weighted by molar-refractivity contribution is 5.98. The number of nitrogens with one attached hydrogen (secondary N) is 1. The van der Waals surface area contributed by atoms with Gasteiger partial charge in [0.2, 0.25) is 0 Å². The first-order valence-corrected chi connectivity index (χ1v) is 12.0. The molecular weight excluding hydrogens is 470 g/mol. The average molecular weight is 500 g/mol. The third kappa shape index (κ3) is 4.49. The first-order chi connectivity index (χ1) is 17.8. The van der Waals surface area contributed by atoms with E-state index >= 15 is 0 Å². The molecule has 1 aromatic carbocycles. The van der Waals surface area contributed by atoms with Crippen LogP contribution in [0.5, 0.6) is 11.5 Å². The Morgan fingerprint density at radius 3 is 2.46 bits per heavy atom. The van der Waals surface area contributed by atoms with Crippen LogP contribution in [0.4, 0.5) is 0 Å². The molecule has 0 unspecified atom stereocenters. The Balaban J connectivity index is 1.70. The van der Waals surface area contributed by atoms with Gasteiger partial charge in [-0.3, -0.25) is 14.3 Å². The highest BCUT2D eigenvalue weighted by atomic mass is 16.5. The SMILES string of the molecule is COCCn1cc(-c2cc3c(-c4cc(=O)n(C)cc4Oc4c(C)cccc4C)cn(C)c(=O)c3[nH]2)cn1. The molecule has 4 aromatic heterocycles. The Hall–Kier alpha value is -4.37. The fraction of sp³-hybridized carbons (Fsp3) is 0.250. The van der Waals surface area contributed by atoms with Gasteiger partial charge in [0.05, 0.1) is 25.5 Å². The van der Waals surface area contributed by atoms with Crippen molar-refractivity contribution in [3.63, 3.8) is 0 Å². The quantitative estimate of drug-likeness (QED) is 0.363. The van der Waals surface area contributed by atoms with Gasteiger partial charge in [-0.1, -0.05) is 18.2 Å². The molecule has 5 aromatic rings. The molecule has 190 valence electrons. The molecule has 0 saturated heterocycles. The maximum absolute atomic E-state index is 13.1. The summed E-state index contributed by atoms with van der Waals surface area (Å²) >= 11 is 0. The van der Waals surface area contributed by atoms with E-state index in [9.17, 15) is 9.59 Å². The van der Waals surface area contributed by atoms with Crippen LogP contribution < -0.4 is 15.9 Å². The lowest BCUT2D eigenvalue weighted by Crippen LogP contribution is -2.18. The zero-order valence-electron chi connectivity index (χ0n) is 21.5. The van der Waals surface area contributed by atoms with Crippen LogP contribution in [0.3, 0.4) is 0 Å². The zero-order chi connectivity index (χ0) is 26.3. The van der Waals surface area contributed by atoms with Crippen molar-refractivity contribution in [2.75, 3.05) is 13.7 Å². The molecule has 0 aliphatic heterocycles. The summed E-state index contributed by atoms with van der Waals surface area (Å²) in [5.74, 6) is 1.26. The van der Waals surface area contributed by atoms with E-state index < -0.39 is 0 Å². The van der Waals surface area contributed by atoms with Gasteiger partial charge in [-0.25, -0.2) is 0 Å². The van der Waals surface area contributed by atoms with Crippen molar-refractivity contribution in [1.82, 2.24) is 23.9 Å². The van der Waals surface area contributed by atoms with Crippen molar-refractivity contribution in [3.8, 4) is 33.9 Å². The number of aryl methyl sites for hydroxylation is 4. The monoisotopic (exact) mass is 499 g/mol. The third-order valence-electron chi connectivity index (χ3n) is 6.54. The summed E-state index contributed by atoms with van der Waals surface area (Å²) < 4.78 is 16.4. The summed E-state index contributed by atoms with van der Waals surface area (Å²) in [6, 6.07) is 9.43. The Morgan fingerprint density at radius 1 is 0.973 bits per heavy atom. The van der Waals surface area contributed by atoms with Crippen LogP contribution in [0.2, 0.25) is 0 Å². The van der Waals surface area contributed by atoms with Crippen LogP contribution in [-0.2, 0) is 25.4 Å². The Labute approximate surface area is 213 Å². The molecule has 9 heteroatoms. The van der Waals surface area contributed by atoms with Crippen LogP contribution in [0.25, 0.3) is 33.3 Å². The normalized spacial score (nSPS) is 11.4. The molecule has 0 aliphatic rings. The van der Waals surface area contributed by atoms with Crippen molar-refractivity contribution in [3.05, 3.63) is 87.0 Å².